The molecule has 2 heterocycles. The Bertz CT molecular complexity index is 935. The molecule has 0 fully saturated rings. The summed E-state index contributed by atoms with van der Waals surface area (Å²) in [4.78, 5) is 4.53. The van der Waals surface area contributed by atoms with Crippen LogP contribution in [0.15, 0.2) is 36.5 Å². The van der Waals surface area contributed by atoms with Gasteiger partial charge in [0.25, 0.3) is 0 Å². The number of rotatable bonds is 22. The van der Waals surface area contributed by atoms with E-state index in [1.54, 1.807) is 0 Å². The Hall–Kier alpha value is -2.01. The third-order valence-electron chi connectivity index (χ3n) is 8.32. The first-order valence-corrected chi connectivity index (χ1v) is 18.3. The second kappa shape index (κ2) is 19.2. The molecule has 0 amide bonds. The average Bonchev–Trinajstić information content (AvgIpc) is 3.36. The van der Waals surface area contributed by atoms with Gasteiger partial charge in [0, 0.05) is 17.8 Å². The van der Waals surface area contributed by atoms with Crippen molar-refractivity contribution >= 4 is 9.52 Å². The van der Waals surface area contributed by atoms with Crippen LogP contribution in [-0.4, -0.2) is 27.0 Å². The van der Waals surface area contributed by atoms with Crippen LogP contribution in [0.4, 0.5) is 0 Å². The topological polar surface area (TPSA) is 40.6 Å². The lowest BCUT2D eigenvalue weighted by Crippen LogP contribution is -2.28. The van der Waals surface area contributed by atoms with E-state index in [1.165, 1.54) is 96.3 Å². The molecule has 0 N–H and O–H groups in total. The molecule has 1 aliphatic heterocycles. The smallest absolute Gasteiger partial charge is 0.213 e. The molecule has 3 unspecified atom stereocenters. The van der Waals surface area contributed by atoms with Crippen LogP contribution < -0.4 is 14.2 Å². The quantitative estimate of drug-likeness (QED) is 0.105. The molecule has 0 spiro atoms. The van der Waals surface area contributed by atoms with Crippen molar-refractivity contribution in [2.24, 2.45) is 5.92 Å². The van der Waals surface area contributed by atoms with E-state index in [9.17, 15) is 0 Å². The molecule has 3 rings (SSSR count). The molecule has 1 aromatic heterocycles. The van der Waals surface area contributed by atoms with E-state index < -0.39 is 9.52 Å². The summed E-state index contributed by atoms with van der Waals surface area (Å²) in [5.74, 6) is 3.32. The van der Waals surface area contributed by atoms with E-state index in [0.29, 0.717) is 5.88 Å². The predicted molar refractivity (Wildman–Crippen MR) is 173 cm³/mol. The monoisotopic (exact) mass is 567 g/mol. The molecule has 0 bridgehead atoms. The molecule has 0 saturated carbocycles. The molecular formula is C35H57NO3Si. The minimum atomic E-state index is -0.487. The Labute approximate surface area is 247 Å². The van der Waals surface area contributed by atoms with Crippen LogP contribution in [0.25, 0.3) is 11.1 Å². The first-order valence-electron chi connectivity index (χ1n) is 16.7. The maximum atomic E-state index is 6.27. The van der Waals surface area contributed by atoms with E-state index in [-0.39, 0.29) is 5.91 Å². The molecule has 1 aromatic carbocycles. The summed E-state index contributed by atoms with van der Waals surface area (Å²) in [5, 5.41) is 0. The van der Waals surface area contributed by atoms with Gasteiger partial charge in [-0.05, 0) is 41.6 Å². The summed E-state index contributed by atoms with van der Waals surface area (Å²) < 4.78 is 18.3. The lowest BCUT2D eigenvalue weighted by molar-refractivity contribution is 0.122. The van der Waals surface area contributed by atoms with Crippen LogP contribution in [0.1, 0.15) is 130 Å². The van der Waals surface area contributed by atoms with Crippen molar-refractivity contribution in [3.05, 3.63) is 36.5 Å². The average molecular weight is 568 g/mol. The number of nitrogens with zero attached hydrogens (tertiary/aromatic N) is 1. The number of unbranched alkanes of at least 4 members (excludes halogenated alkanes) is 10. The maximum Gasteiger partial charge on any atom is 0.213 e. The Morgan fingerprint density at radius 1 is 0.725 bits per heavy atom. The molecule has 5 heteroatoms. The summed E-state index contributed by atoms with van der Waals surface area (Å²) in [7, 11) is -0.487. The summed E-state index contributed by atoms with van der Waals surface area (Å²) in [6, 6.07) is 10.3. The number of hydrogen-bond donors (Lipinski definition) is 0. The summed E-state index contributed by atoms with van der Waals surface area (Å²) >= 11 is 0. The van der Waals surface area contributed by atoms with Crippen LogP contribution in [-0.2, 0) is 0 Å². The van der Waals surface area contributed by atoms with Crippen LogP contribution >= 0.6 is 0 Å². The number of hydrogen-bond acceptors (Lipinski definition) is 4. The van der Waals surface area contributed by atoms with E-state index in [4.69, 9.17) is 14.2 Å². The van der Waals surface area contributed by atoms with Gasteiger partial charge < -0.3 is 14.2 Å². The van der Waals surface area contributed by atoms with Crippen molar-refractivity contribution in [3.8, 4) is 28.5 Å². The Balaban J connectivity index is 1.31. The highest BCUT2D eigenvalue weighted by molar-refractivity contribution is 6.38. The molecule has 4 nitrogen and oxygen atoms in total. The highest BCUT2D eigenvalue weighted by Crippen LogP contribution is 2.38. The molecule has 40 heavy (non-hydrogen) atoms. The van der Waals surface area contributed by atoms with Gasteiger partial charge in [-0.15, -0.1) is 0 Å². The summed E-state index contributed by atoms with van der Waals surface area (Å²) in [5.41, 5.74) is 2.91. The molecule has 224 valence electrons. The molecular weight excluding hydrogens is 510 g/mol. The molecule has 1 aliphatic rings. The maximum absolute atomic E-state index is 6.27. The third-order valence-corrected chi connectivity index (χ3v) is 10.2. The Morgan fingerprint density at radius 3 is 2.10 bits per heavy atom. The van der Waals surface area contributed by atoms with Crippen LogP contribution in [0.3, 0.4) is 0 Å². The van der Waals surface area contributed by atoms with E-state index in [2.05, 4.69) is 56.9 Å². The van der Waals surface area contributed by atoms with Crippen molar-refractivity contribution < 1.29 is 14.2 Å². The van der Waals surface area contributed by atoms with E-state index >= 15 is 0 Å². The molecule has 0 radical (unpaired) electrons. The summed E-state index contributed by atoms with van der Waals surface area (Å²) in [6.45, 7) is 10.1. The fourth-order valence-electron chi connectivity index (χ4n) is 5.65. The third kappa shape index (κ3) is 12.2. The van der Waals surface area contributed by atoms with Crippen molar-refractivity contribution in [3.63, 3.8) is 0 Å². The lowest BCUT2D eigenvalue weighted by atomic mass is 9.96. The molecule has 0 saturated heterocycles. The second-order valence-electron chi connectivity index (χ2n) is 12.3. The standard InChI is InChI=1S/C35H57NO3Si/c1-5-7-9-10-13-17-25-37-34-24-22-31(27-36-34)30-21-23-32-33(26-30)39-35(38-32)40-29(4)20-16-12-11-15-19-28(3)18-14-8-6-2/h21-24,26-29,35H,5-20,25,40H2,1-4H3. The van der Waals surface area contributed by atoms with Crippen LogP contribution in [0.2, 0.25) is 5.54 Å². The number of fused-ring (bicyclic) bond motifs is 1. The zero-order valence-corrected chi connectivity index (χ0v) is 27.5. The van der Waals surface area contributed by atoms with Gasteiger partial charge in [-0.3, -0.25) is 0 Å². The first-order chi connectivity index (χ1) is 19.6. The molecule has 2 aromatic rings. The normalized spacial score (nSPS) is 16.1. The Morgan fingerprint density at radius 2 is 1.35 bits per heavy atom. The Kier molecular flexibility index (Phi) is 15.6. The SMILES string of the molecule is CCCCCCCCOc1ccc(-c2ccc3c(c2)OC([SiH2]C(C)CCCCCCC(C)CCCCC)O3)cn1. The summed E-state index contributed by atoms with van der Waals surface area (Å²) in [6.07, 6.45) is 23.3. The van der Waals surface area contributed by atoms with Gasteiger partial charge in [-0.2, -0.15) is 0 Å². The van der Waals surface area contributed by atoms with Crippen molar-refractivity contribution in [2.45, 2.75) is 142 Å². The van der Waals surface area contributed by atoms with Gasteiger partial charge in [0.05, 0.1) is 6.61 Å². The minimum absolute atomic E-state index is 0.0416. The second-order valence-corrected chi connectivity index (χ2v) is 14.8. The van der Waals surface area contributed by atoms with Gasteiger partial charge in [0.2, 0.25) is 11.8 Å². The number of pyridine rings is 1. The van der Waals surface area contributed by atoms with E-state index in [0.717, 1.165) is 47.1 Å². The number of aromatic nitrogens is 1. The molecule has 0 aliphatic carbocycles. The first kappa shape index (κ1) is 32.5. The van der Waals surface area contributed by atoms with Gasteiger partial charge in [-0.1, -0.05) is 130 Å². The number of benzene rings is 1. The van der Waals surface area contributed by atoms with Crippen molar-refractivity contribution in [2.75, 3.05) is 6.61 Å². The fourth-order valence-corrected chi connectivity index (χ4v) is 7.38. The van der Waals surface area contributed by atoms with Crippen LogP contribution in [0, 0.1) is 5.92 Å². The zero-order valence-electron chi connectivity index (χ0n) is 26.1. The highest BCUT2D eigenvalue weighted by Gasteiger charge is 2.26. The van der Waals surface area contributed by atoms with Crippen LogP contribution in [0.5, 0.6) is 17.4 Å². The lowest BCUT2D eigenvalue weighted by Gasteiger charge is -2.15. The van der Waals surface area contributed by atoms with Crippen molar-refractivity contribution in [1.29, 1.82) is 0 Å². The van der Waals surface area contributed by atoms with Gasteiger partial charge in [-0.25, -0.2) is 4.98 Å². The number of ether oxygens (including phenoxy) is 3. The van der Waals surface area contributed by atoms with Gasteiger partial charge in [0.15, 0.2) is 11.5 Å². The largest absolute Gasteiger partial charge is 0.478 e. The minimum Gasteiger partial charge on any atom is -0.478 e. The van der Waals surface area contributed by atoms with Gasteiger partial charge in [0.1, 0.15) is 9.52 Å². The zero-order chi connectivity index (χ0) is 28.4. The fraction of sp³-hybridized carbons (Fsp3) is 0.686. The van der Waals surface area contributed by atoms with E-state index in [1.807, 2.05) is 12.3 Å². The molecule has 3 atom stereocenters. The predicted octanol–water partition coefficient (Wildman–Crippen LogP) is 10.1. The highest BCUT2D eigenvalue weighted by atomic mass is 28.2. The van der Waals surface area contributed by atoms with Crippen molar-refractivity contribution in [1.82, 2.24) is 4.98 Å². The van der Waals surface area contributed by atoms with Gasteiger partial charge >= 0.3 is 0 Å².